The highest BCUT2D eigenvalue weighted by Crippen LogP contribution is 2.43. The second-order valence-electron chi connectivity index (χ2n) is 19.9. The first-order valence-corrected chi connectivity index (χ1v) is 28.3. The van der Waals surface area contributed by atoms with Crippen molar-refractivity contribution >= 4 is 11.4 Å². The maximum Gasteiger partial charge on any atom is 0.223 e. The number of aryl methyl sites for hydroxylation is 2. The summed E-state index contributed by atoms with van der Waals surface area (Å²) >= 11 is 0. The molecule has 64 heavy (non-hydrogen) atoms. The minimum atomic E-state index is 0.890. The number of unbranched alkanes of at least 4 members (excludes halogenated alkanes) is 33. The SMILES string of the molecule is CCCCCCCCCCCCCCCCCCCCCCCCC#CC1=C(c2cccc(CCCCCC)c2)[N+](=[N-])C(c2cccc(CCCCCC)c2)=C1CCCCCCCC. The van der Waals surface area contributed by atoms with Gasteiger partial charge in [-0.05, 0) is 80.3 Å². The Hall–Kier alpha value is -2.92. The van der Waals surface area contributed by atoms with Crippen LogP contribution in [0.15, 0.2) is 59.7 Å². The molecule has 0 fully saturated rings. The molecule has 0 amide bonds. The van der Waals surface area contributed by atoms with Gasteiger partial charge in [-0.1, -0.05) is 269 Å². The summed E-state index contributed by atoms with van der Waals surface area (Å²) in [6, 6.07) is 18.0. The molecule has 1 aliphatic rings. The Labute approximate surface area is 398 Å². The molecule has 2 aromatic rings. The lowest BCUT2D eigenvalue weighted by molar-refractivity contribution is -0.345. The van der Waals surface area contributed by atoms with Gasteiger partial charge in [0.1, 0.15) is 5.57 Å². The lowest BCUT2D eigenvalue weighted by atomic mass is 9.93. The van der Waals surface area contributed by atoms with E-state index in [0.29, 0.717) is 0 Å². The molecule has 0 atom stereocenters. The summed E-state index contributed by atoms with van der Waals surface area (Å²) in [4.78, 5) is 0. The van der Waals surface area contributed by atoms with Crippen molar-refractivity contribution in [2.45, 2.75) is 285 Å². The molecule has 0 saturated carbocycles. The molecular formula is C62H100N2. The maximum absolute atomic E-state index is 12.4. The fourth-order valence-electron chi connectivity index (χ4n) is 9.86. The van der Waals surface area contributed by atoms with Crippen molar-refractivity contribution in [3.05, 3.63) is 87.5 Å². The predicted octanol–water partition coefficient (Wildman–Crippen LogP) is 20.8. The average Bonchev–Trinajstić information content (AvgIpc) is 3.59. The zero-order chi connectivity index (χ0) is 45.6. The van der Waals surface area contributed by atoms with Gasteiger partial charge in [0.2, 0.25) is 11.4 Å². The second-order valence-corrected chi connectivity index (χ2v) is 19.9. The summed E-state index contributed by atoms with van der Waals surface area (Å²) in [5.74, 6) is 7.41. The van der Waals surface area contributed by atoms with E-state index in [1.54, 1.807) is 4.70 Å². The van der Waals surface area contributed by atoms with Crippen LogP contribution in [0.2, 0.25) is 0 Å². The van der Waals surface area contributed by atoms with E-state index in [-0.39, 0.29) is 0 Å². The molecule has 0 bridgehead atoms. The molecule has 0 N–H and O–H groups in total. The smallest absolute Gasteiger partial charge is 0.223 e. The molecule has 0 saturated heterocycles. The fourth-order valence-corrected chi connectivity index (χ4v) is 9.86. The normalized spacial score (nSPS) is 12.8. The summed E-state index contributed by atoms with van der Waals surface area (Å²) in [5, 5.41) is 0. The van der Waals surface area contributed by atoms with Crippen molar-refractivity contribution in [3.63, 3.8) is 0 Å². The van der Waals surface area contributed by atoms with E-state index in [9.17, 15) is 5.53 Å². The zero-order valence-electron chi connectivity index (χ0n) is 42.8. The highest BCUT2D eigenvalue weighted by molar-refractivity contribution is 5.85. The molecule has 2 nitrogen and oxygen atoms in total. The van der Waals surface area contributed by atoms with Gasteiger partial charge in [0.15, 0.2) is 0 Å². The van der Waals surface area contributed by atoms with Crippen LogP contribution in [0, 0.1) is 11.8 Å². The topological polar surface area (TPSA) is 25.3 Å². The number of hydrogen-bond acceptors (Lipinski definition) is 0. The monoisotopic (exact) mass is 873 g/mol. The van der Waals surface area contributed by atoms with Crippen LogP contribution >= 0.6 is 0 Å². The van der Waals surface area contributed by atoms with Crippen LogP contribution in [-0.4, -0.2) is 4.70 Å². The Morgan fingerprint density at radius 2 is 0.703 bits per heavy atom. The summed E-state index contributed by atoms with van der Waals surface area (Å²) in [5.41, 5.74) is 21.5. The molecule has 3 rings (SSSR count). The molecule has 0 spiro atoms. The first-order chi connectivity index (χ1) is 31.6. The Balaban J connectivity index is 1.56. The first kappa shape index (κ1) is 55.4. The van der Waals surface area contributed by atoms with Crippen LogP contribution in [-0.2, 0) is 12.8 Å². The lowest BCUT2D eigenvalue weighted by Crippen LogP contribution is -2.03. The third-order valence-electron chi connectivity index (χ3n) is 13.9. The van der Waals surface area contributed by atoms with Gasteiger partial charge >= 0.3 is 0 Å². The third-order valence-corrected chi connectivity index (χ3v) is 13.9. The van der Waals surface area contributed by atoms with Gasteiger partial charge in [0.05, 0.1) is 0 Å². The van der Waals surface area contributed by atoms with E-state index >= 15 is 0 Å². The fraction of sp³-hybridized carbons (Fsp3) is 0.710. The van der Waals surface area contributed by atoms with E-state index < -0.39 is 0 Å². The molecule has 2 aromatic carbocycles. The van der Waals surface area contributed by atoms with Crippen LogP contribution in [0.1, 0.15) is 294 Å². The molecule has 0 aliphatic carbocycles. The van der Waals surface area contributed by atoms with E-state index in [4.69, 9.17) is 0 Å². The molecule has 0 radical (unpaired) electrons. The van der Waals surface area contributed by atoms with Crippen molar-refractivity contribution in [3.8, 4) is 11.8 Å². The number of allylic oxidation sites excluding steroid dienone is 2. The van der Waals surface area contributed by atoms with Crippen molar-refractivity contribution in [1.82, 2.24) is 0 Å². The van der Waals surface area contributed by atoms with Crippen LogP contribution in [0.4, 0.5) is 0 Å². The van der Waals surface area contributed by atoms with Gasteiger partial charge in [0.25, 0.3) is 0 Å². The van der Waals surface area contributed by atoms with E-state index in [0.717, 1.165) is 66.6 Å². The van der Waals surface area contributed by atoms with Crippen LogP contribution in [0.25, 0.3) is 16.9 Å². The Kier molecular flexibility index (Phi) is 33.1. The Bertz CT molecular complexity index is 1610. The van der Waals surface area contributed by atoms with Crippen LogP contribution in [0.3, 0.4) is 0 Å². The summed E-state index contributed by atoms with van der Waals surface area (Å²) in [7, 11) is 0. The summed E-state index contributed by atoms with van der Waals surface area (Å²) in [6.45, 7) is 9.17. The lowest BCUT2D eigenvalue weighted by Gasteiger charge is -2.11. The van der Waals surface area contributed by atoms with Crippen molar-refractivity contribution in [1.29, 1.82) is 0 Å². The van der Waals surface area contributed by atoms with Crippen molar-refractivity contribution < 1.29 is 4.70 Å². The maximum atomic E-state index is 12.4. The molecule has 2 heteroatoms. The number of hydrogen-bond donors (Lipinski definition) is 0. The highest BCUT2D eigenvalue weighted by Gasteiger charge is 2.35. The molecule has 358 valence electrons. The summed E-state index contributed by atoms with van der Waals surface area (Å²) < 4.78 is 1.54. The molecule has 0 aromatic heterocycles. The minimum absolute atomic E-state index is 0.890. The zero-order valence-corrected chi connectivity index (χ0v) is 42.8. The Morgan fingerprint density at radius 1 is 0.375 bits per heavy atom. The van der Waals surface area contributed by atoms with Crippen LogP contribution < -0.4 is 0 Å². The second kappa shape index (κ2) is 38.2. The number of rotatable bonds is 41. The van der Waals surface area contributed by atoms with Gasteiger partial charge < -0.3 is 5.53 Å². The largest absolute Gasteiger partial charge is 0.493 e. The van der Waals surface area contributed by atoms with Gasteiger partial charge in [-0.3, -0.25) is 0 Å². The van der Waals surface area contributed by atoms with E-state index in [1.165, 1.54) is 235 Å². The van der Waals surface area contributed by atoms with E-state index in [1.807, 2.05) is 0 Å². The first-order valence-electron chi connectivity index (χ1n) is 28.3. The predicted molar refractivity (Wildman–Crippen MR) is 284 cm³/mol. The molecule has 1 aliphatic heterocycles. The van der Waals surface area contributed by atoms with Crippen LogP contribution in [0.5, 0.6) is 0 Å². The minimum Gasteiger partial charge on any atom is -0.493 e. The molecular weight excluding hydrogens is 773 g/mol. The quantitative estimate of drug-likeness (QED) is 0.0361. The number of benzene rings is 2. The van der Waals surface area contributed by atoms with Gasteiger partial charge in [-0.15, -0.1) is 0 Å². The highest BCUT2D eigenvalue weighted by atomic mass is 15.2. The standard InChI is InChI=1S/C62H100N2/c1-5-9-13-17-19-20-21-22-23-24-25-26-27-28-29-30-31-32-33-34-35-36-38-42-52-60-59(51-41-37-18-14-10-6-2)61(57-49-43-47-55(53-57)45-39-15-11-7-3)64(63)62(60)58-50-44-48-56(54-58)46-40-16-12-8-4/h43-44,47-50,53-54H,5-41,45-46,51H2,1-4H3. The summed E-state index contributed by atoms with van der Waals surface area (Å²) in [6.07, 6.45) is 52.7. The third kappa shape index (κ3) is 24.0. The van der Waals surface area contributed by atoms with Gasteiger partial charge in [-0.2, -0.15) is 0 Å². The molecule has 1 heterocycles. The molecule has 0 unspecified atom stereocenters. The van der Waals surface area contributed by atoms with Gasteiger partial charge in [-0.25, -0.2) is 4.70 Å². The number of nitrogens with zero attached hydrogens (tertiary/aromatic N) is 2. The average molecular weight is 873 g/mol. The van der Waals surface area contributed by atoms with Gasteiger partial charge in [0, 0.05) is 23.1 Å². The van der Waals surface area contributed by atoms with E-state index in [2.05, 4.69) is 88.1 Å². The Morgan fingerprint density at radius 3 is 1.11 bits per heavy atom. The van der Waals surface area contributed by atoms with Crippen molar-refractivity contribution in [2.24, 2.45) is 0 Å². The van der Waals surface area contributed by atoms with Crippen molar-refractivity contribution in [2.75, 3.05) is 0 Å².